The number of rotatable bonds is 7. The summed E-state index contributed by atoms with van der Waals surface area (Å²) in [5.74, 6) is 1.18. The monoisotopic (exact) mass is 290 g/mol. The SMILES string of the molecule is CCC(C)n1ccc(COc2c(CO)cccc2OC)n1. The van der Waals surface area contributed by atoms with Crippen LogP contribution in [0.5, 0.6) is 11.5 Å². The predicted molar refractivity (Wildman–Crippen MR) is 80.5 cm³/mol. The summed E-state index contributed by atoms with van der Waals surface area (Å²) in [6.45, 7) is 4.51. The van der Waals surface area contributed by atoms with Gasteiger partial charge in [0.05, 0.1) is 19.4 Å². The number of ether oxygens (including phenoxy) is 2. The van der Waals surface area contributed by atoms with Crippen molar-refractivity contribution in [2.24, 2.45) is 0 Å². The Balaban J connectivity index is 2.11. The Morgan fingerprint density at radius 1 is 1.33 bits per heavy atom. The Labute approximate surface area is 125 Å². The van der Waals surface area contributed by atoms with E-state index >= 15 is 0 Å². The number of aliphatic hydroxyl groups is 1. The second-order valence-corrected chi connectivity index (χ2v) is 4.94. The second kappa shape index (κ2) is 7.13. The van der Waals surface area contributed by atoms with E-state index in [1.807, 2.05) is 35.1 Å². The first-order valence-corrected chi connectivity index (χ1v) is 7.13. The molecule has 1 unspecified atom stereocenters. The first-order chi connectivity index (χ1) is 10.2. The fourth-order valence-corrected chi connectivity index (χ4v) is 2.04. The van der Waals surface area contributed by atoms with Crippen LogP contribution in [-0.4, -0.2) is 22.0 Å². The normalized spacial score (nSPS) is 12.2. The van der Waals surface area contributed by atoms with Crippen molar-refractivity contribution in [1.82, 2.24) is 9.78 Å². The molecule has 1 aromatic heterocycles. The maximum atomic E-state index is 9.39. The van der Waals surface area contributed by atoms with Gasteiger partial charge in [0.1, 0.15) is 6.61 Å². The van der Waals surface area contributed by atoms with Gasteiger partial charge in [-0.2, -0.15) is 5.10 Å². The Morgan fingerprint density at radius 2 is 2.14 bits per heavy atom. The summed E-state index contributed by atoms with van der Waals surface area (Å²) in [5, 5.41) is 13.9. The number of hydrogen-bond acceptors (Lipinski definition) is 4. The summed E-state index contributed by atoms with van der Waals surface area (Å²) >= 11 is 0. The van der Waals surface area contributed by atoms with Crippen LogP contribution in [0.15, 0.2) is 30.5 Å². The van der Waals surface area contributed by atoms with Gasteiger partial charge < -0.3 is 14.6 Å². The van der Waals surface area contributed by atoms with Crippen molar-refractivity contribution >= 4 is 0 Å². The lowest BCUT2D eigenvalue weighted by atomic mass is 10.2. The number of benzene rings is 1. The molecular formula is C16H22N2O3. The highest BCUT2D eigenvalue weighted by molar-refractivity contribution is 5.46. The molecule has 0 radical (unpaired) electrons. The molecule has 1 aromatic carbocycles. The van der Waals surface area contributed by atoms with E-state index in [0.29, 0.717) is 29.7 Å². The van der Waals surface area contributed by atoms with Crippen LogP contribution in [0.1, 0.15) is 37.6 Å². The zero-order chi connectivity index (χ0) is 15.2. The summed E-state index contributed by atoms with van der Waals surface area (Å²) in [7, 11) is 1.58. The van der Waals surface area contributed by atoms with Gasteiger partial charge >= 0.3 is 0 Å². The molecule has 0 amide bonds. The topological polar surface area (TPSA) is 56.5 Å². The largest absolute Gasteiger partial charge is 0.493 e. The molecule has 2 aromatic rings. The minimum absolute atomic E-state index is 0.0894. The van der Waals surface area contributed by atoms with Crippen LogP contribution in [0.3, 0.4) is 0 Å². The molecule has 21 heavy (non-hydrogen) atoms. The zero-order valence-corrected chi connectivity index (χ0v) is 12.7. The summed E-state index contributed by atoms with van der Waals surface area (Å²) < 4.78 is 13.0. The molecular weight excluding hydrogens is 268 g/mol. The molecule has 1 heterocycles. The van der Waals surface area contributed by atoms with E-state index in [1.54, 1.807) is 7.11 Å². The van der Waals surface area contributed by atoms with Gasteiger partial charge in [-0.3, -0.25) is 4.68 Å². The summed E-state index contributed by atoms with van der Waals surface area (Å²) in [4.78, 5) is 0. The summed E-state index contributed by atoms with van der Waals surface area (Å²) in [5.41, 5.74) is 1.56. The number of aliphatic hydroxyl groups excluding tert-OH is 1. The minimum atomic E-state index is -0.0894. The van der Waals surface area contributed by atoms with Gasteiger partial charge in [0.15, 0.2) is 11.5 Å². The van der Waals surface area contributed by atoms with Gasteiger partial charge in [0.25, 0.3) is 0 Å². The Hall–Kier alpha value is -2.01. The average molecular weight is 290 g/mol. The van der Waals surface area contributed by atoms with Gasteiger partial charge in [0.2, 0.25) is 0 Å². The highest BCUT2D eigenvalue weighted by Crippen LogP contribution is 2.31. The van der Waals surface area contributed by atoms with Crippen molar-refractivity contribution in [3.63, 3.8) is 0 Å². The lowest BCUT2D eigenvalue weighted by Crippen LogP contribution is -2.06. The van der Waals surface area contributed by atoms with Crippen molar-refractivity contribution in [2.75, 3.05) is 7.11 Å². The van der Waals surface area contributed by atoms with E-state index < -0.39 is 0 Å². The molecule has 0 saturated carbocycles. The molecule has 0 fully saturated rings. The van der Waals surface area contributed by atoms with Gasteiger partial charge in [0, 0.05) is 17.8 Å². The molecule has 1 N–H and O–H groups in total. The van der Waals surface area contributed by atoms with Crippen LogP contribution in [0, 0.1) is 0 Å². The van der Waals surface area contributed by atoms with E-state index in [1.165, 1.54) is 0 Å². The number of methoxy groups -OCH3 is 1. The third kappa shape index (κ3) is 3.55. The van der Waals surface area contributed by atoms with Crippen molar-refractivity contribution in [2.45, 2.75) is 39.5 Å². The molecule has 5 heteroatoms. The molecule has 0 aliphatic heterocycles. The second-order valence-electron chi connectivity index (χ2n) is 4.94. The quantitative estimate of drug-likeness (QED) is 0.852. The Morgan fingerprint density at radius 3 is 2.81 bits per heavy atom. The first kappa shape index (κ1) is 15.4. The van der Waals surface area contributed by atoms with Gasteiger partial charge in [-0.05, 0) is 25.5 Å². The van der Waals surface area contributed by atoms with E-state index in [4.69, 9.17) is 9.47 Å². The van der Waals surface area contributed by atoms with Crippen LogP contribution >= 0.6 is 0 Å². The average Bonchev–Trinajstić information content (AvgIpc) is 3.00. The minimum Gasteiger partial charge on any atom is -0.493 e. The Bertz CT molecular complexity index is 558. The third-order valence-electron chi connectivity index (χ3n) is 3.52. The summed E-state index contributed by atoms with van der Waals surface area (Å²) in [6.07, 6.45) is 2.99. The smallest absolute Gasteiger partial charge is 0.167 e. The van der Waals surface area contributed by atoms with E-state index in [9.17, 15) is 5.11 Å². The first-order valence-electron chi connectivity index (χ1n) is 7.13. The molecule has 0 saturated heterocycles. The highest BCUT2D eigenvalue weighted by Gasteiger charge is 2.11. The molecule has 0 aliphatic rings. The van der Waals surface area contributed by atoms with Crippen LogP contribution in [0.2, 0.25) is 0 Å². The Kier molecular flexibility index (Phi) is 5.22. The lowest BCUT2D eigenvalue weighted by molar-refractivity contribution is 0.247. The van der Waals surface area contributed by atoms with Crippen molar-refractivity contribution in [3.05, 3.63) is 41.7 Å². The van der Waals surface area contributed by atoms with Gasteiger partial charge in [-0.25, -0.2) is 0 Å². The standard InChI is InChI=1S/C16H22N2O3/c1-4-12(2)18-9-8-14(17-18)11-21-16-13(10-19)6-5-7-15(16)20-3/h5-9,12,19H,4,10-11H2,1-3H3. The van der Waals surface area contributed by atoms with E-state index in [0.717, 1.165) is 12.1 Å². The maximum absolute atomic E-state index is 9.39. The van der Waals surface area contributed by atoms with Gasteiger partial charge in [-0.15, -0.1) is 0 Å². The fraction of sp³-hybridized carbons (Fsp3) is 0.438. The van der Waals surface area contributed by atoms with Crippen molar-refractivity contribution in [3.8, 4) is 11.5 Å². The zero-order valence-electron chi connectivity index (χ0n) is 12.7. The summed E-state index contributed by atoms with van der Waals surface area (Å²) in [6, 6.07) is 7.77. The number of nitrogens with zero attached hydrogens (tertiary/aromatic N) is 2. The number of aromatic nitrogens is 2. The molecule has 5 nitrogen and oxygen atoms in total. The molecule has 2 rings (SSSR count). The lowest BCUT2D eigenvalue weighted by Gasteiger charge is -2.13. The molecule has 0 aliphatic carbocycles. The van der Waals surface area contributed by atoms with Crippen molar-refractivity contribution in [1.29, 1.82) is 0 Å². The van der Waals surface area contributed by atoms with Crippen molar-refractivity contribution < 1.29 is 14.6 Å². The number of hydrogen-bond donors (Lipinski definition) is 1. The maximum Gasteiger partial charge on any atom is 0.167 e. The van der Waals surface area contributed by atoms with Crippen LogP contribution in [0.25, 0.3) is 0 Å². The molecule has 114 valence electrons. The molecule has 1 atom stereocenters. The third-order valence-corrected chi connectivity index (χ3v) is 3.52. The molecule has 0 bridgehead atoms. The number of para-hydroxylation sites is 1. The van der Waals surface area contributed by atoms with Crippen LogP contribution < -0.4 is 9.47 Å². The van der Waals surface area contributed by atoms with Crippen LogP contribution in [-0.2, 0) is 13.2 Å². The molecule has 0 spiro atoms. The van der Waals surface area contributed by atoms with Crippen LogP contribution in [0.4, 0.5) is 0 Å². The highest BCUT2D eigenvalue weighted by atomic mass is 16.5. The van der Waals surface area contributed by atoms with Gasteiger partial charge in [-0.1, -0.05) is 19.1 Å². The van der Waals surface area contributed by atoms with E-state index in [-0.39, 0.29) is 6.61 Å². The van der Waals surface area contributed by atoms with E-state index in [2.05, 4.69) is 18.9 Å². The predicted octanol–water partition coefficient (Wildman–Crippen LogP) is 2.93. The fourth-order valence-electron chi connectivity index (χ4n) is 2.04.